The summed E-state index contributed by atoms with van der Waals surface area (Å²) in [4.78, 5) is 63.2. The third-order valence-electron chi connectivity index (χ3n) is 4.19. The van der Waals surface area contributed by atoms with Gasteiger partial charge in [-0.1, -0.05) is 12.1 Å². The van der Waals surface area contributed by atoms with Crippen LogP contribution in [0.5, 0.6) is 0 Å². The molecule has 0 aliphatic carbocycles. The van der Waals surface area contributed by atoms with Crippen molar-refractivity contribution in [3.63, 3.8) is 0 Å². The second-order valence-electron chi connectivity index (χ2n) is 6.88. The number of hydrogen-bond acceptors (Lipinski definition) is 8. The highest BCUT2D eigenvalue weighted by atomic mass is 19.1. The van der Waals surface area contributed by atoms with Gasteiger partial charge in [0.2, 0.25) is 5.91 Å². The number of esters is 2. The van der Waals surface area contributed by atoms with Crippen molar-refractivity contribution in [2.75, 3.05) is 11.1 Å². The zero-order valence-corrected chi connectivity index (χ0v) is 18.6. The lowest BCUT2D eigenvalue weighted by Crippen LogP contribution is -2.19. The fraction of sp³-hybridized carbons (Fsp3) is 0.182. The molecule has 3 amide bonds. The van der Waals surface area contributed by atoms with E-state index in [-0.39, 0.29) is 48.2 Å². The normalized spacial score (nSPS) is 11.7. The zero-order chi connectivity index (χ0) is 27.4. The standard InChI is InChI=1S/C11H11FN2O4.C7H7FN2O.C4H4O3/c12-7-3-1-2-6(11(13)18)10(7)14-8(15)4-5-9(16)17;8-5-3-1-2-4(6(5)9)7(10)11;5-3-1-2-4(6)7-3/h1-3H,4-5H2,(H2,13,18)(H,14,15)(H,16,17);1-3H,9H2,(H2,10,11);1-2H2. The first-order chi connectivity index (χ1) is 16.8. The number of nitrogens with two attached hydrogens (primary N) is 3. The maximum absolute atomic E-state index is 13.4. The molecule has 0 radical (unpaired) electrons. The number of rotatable bonds is 6. The van der Waals surface area contributed by atoms with Gasteiger partial charge in [-0.05, 0) is 24.3 Å². The van der Waals surface area contributed by atoms with Crippen LogP contribution in [-0.4, -0.2) is 40.7 Å². The summed E-state index contributed by atoms with van der Waals surface area (Å²) in [6.07, 6.45) is -0.175. The van der Waals surface area contributed by atoms with E-state index >= 15 is 0 Å². The molecule has 12 nitrogen and oxygen atoms in total. The number of carboxylic acid groups (broad SMARTS) is 1. The number of primary amides is 2. The first-order valence-corrected chi connectivity index (χ1v) is 10.0. The first kappa shape index (κ1) is 29.2. The minimum atomic E-state index is -1.14. The fourth-order valence-corrected chi connectivity index (χ4v) is 2.46. The predicted molar refractivity (Wildman–Crippen MR) is 120 cm³/mol. The van der Waals surface area contributed by atoms with E-state index in [4.69, 9.17) is 22.3 Å². The van der Waals surface area contributed by atoms with Crippen LogP contribution in [0.15, 0.2) is 36.4 Å². The lowest BCUT2D eigenvalue weighted by atomic mass is 10.1. The van der Waals surface area contributed by atoms with Gasteiger partial charge in [0.05, 0.1) is 41.8 Å². The Kier molecular flexibility index (Phi) is 11.1. The minimum Gasteiger partial charge on any atom is -0.481 e. The molecule has 192 valence electrons. The number of aliphatic carboxylic acids is 1. The lowest BCUT2D eigenvalue weighted by molar-refractivity contribution is -0.152. The second kappa shape index (κ2) is 13.7. The average Bonchev–Trinajstić information content (AvgIpc) is 3.18. The van der Waals surface area contributed by atoms with Gasteiger partial charge in [-0.2, -0.15) is 0 Å². The van der Waals surface area contributed by atoms with Gasteiger partial charge in [0.15, 0.2) is 0 Å². The number of para-hydroxylation sites is 2. The molecule has 0 spiro atoms. The van der Waals surface area contributed by atoms with E-state index in [0.29, 0.717) is 0 Å². The van der Waals surface area contributed by atoms with Crippen molar-refractivity contribution in [2.45, 2.75) is 25.7 Å². The van der Waals surface area contributed by atoms with Gasteiger partial charge in [-0.25, -0.2) is 8.78 Å². The van der Waals surface area contributed by atoms with E-state index in [1.807, 2.05) is 0 Å². The summed E-state index contributed by atoms with van der Waals surface area (Å²) in [5.74, 6) is -5.69. The molecule has 0 saturated carbocycles. The molecule has 2 aromatic rings. The SMILES string of the molecule is NC(=O)c1cccc(F)c1N.NC(=O)c1cccc(F)c1NC(=O)CCC(=O)O.O=C1CCC(=O)O1. The van der Waals surface area contributed by atoms with Crippen molar-refractivity contribution >= 4 is 47.0 Å². The lowest BCUT2D eigenvalue weighted by Gasteiger charge is -2.09. The Hall–Kier alpha value is -4.88. The van der Waals surface area contributed by atoms with Crippen molar-refractivity contribution in [3.05, 3.63) is 59.2 Å². The monoisotopic (exact) mass is 508 g/mol. The molecule has 1 heterocycles. The average molecular weight is 508 g/mol. The molecule has 0 bridgehead atoms. The van der Waals surface area contributed by atoms with E-state index in [1.54, 1.807) is 0 Å². The van der Waals surface area contributed by atoms with Crippen LogP contribution in [0, 0.1) is 11.6 Å². The summed E-state index contributed by atoms with van der Waals surface area (Å²) in [6.45, 7) is 0. The molecular weight excluding hydrogens is 486 g/mol. The highest BCUT2D eigenvalue weighted by Crippen LogP contribution is 2.19. The molecule has 0 aromatic heterocycles. The van der Waals surface area contributed by atoms with E-state index in [0.717, 1.165) is 6.07 Å². The van der Waals surface area contributed by atoms with E-state index in [1.165, 1.54) is 30.3 Å². The number of carboxylic acids is 1. The van der Waals surface area contributed by atoms with Crippen LogP contribution in [0.4, 0.5) is 20.2 Å². The molecular formula is C22H22F2N4O8. The van der Waals surface area contributed by atoms with Crippen LogP contribution in [-0.2, 0) is 23.9 Å². The van der Waals surface area contributed by atoms with Gasteiger partial charge in [0.1, 0.15) is 11.6 Å². The molecule has 1 aliphatic heterocycles. The number of cyclic esters (lactones) is 2. The van der Waals surface area contributed by atoms with Crippen LogP contribution in [0.25, 0.3) is 0 Å². The Balaban J connectivity index is 0.000000303. The number of nitrogens with one attached hydrogen (secondary N) is 1. The number of anilines is 2. The molecule has 2 aromatic carbocycles. The number of carbonyl (C=O) groups is 6. The number of nitrogen functional groups attached to an aromatic ring is 1. The summed E-state index contributed by atoms with van der Waals surface area (Å²) in [6, 6.07) is 7.52. The number of amides is 3. The topological polar surface area (TPSA) is 222 Å². The zero-order valence-electron chi connectivity index (χ0n) is 18.6. The predicted octanol–water partition coefficient (Wildman–Crippen LogP) is 1.08. The molecule has 8 N–H and O–H groups in total. The quantitative estimate of drug-likeness (QED) is 0.214. The van der Waals surface area contributed by atoms with Gasteiger partial charge in [0.25, 0.3) is 11.8 Å². The Morgan fingerprint density at radius 1 is 0.861 bits per heavy atom. The van der Waals surface area contributed by atoms with Crippen molar-refractivity contribution in [1.82, 2.24) is 0 Å². The van der Waals surface area contributed by atoms with Crippen molar-refractivity contribution in [1.29, 1.82) is 0 Å². The molecule has 1 fully saturated rings. The van der Waals surface area contributed by atoms with Gasteiger partial charge < -0.3 is 32.4 Å². The van der Waals surface area contributed by atoms with Crippen LogP contribution >= 0.6 is 0 Å². The molecule has 14 heteroatoms. The Bertz CT molecular complexity index is 1170. The molecule has 1 saturated heterocycles. The van der Waals surface area contributed by atoms with Crippen LogP contribution < -0.4 is 22.5 Å². The van der Waals surface area contributed by atoms with Gasteiger partial charge in [0, 0.05) is 6.42 Å². The summed E-state index contributed by atoms with van der Waals surface area (Å²) >= 11 is 0. The third kappa shape index (κ3) is 9.54. The van der Waals surface area contributed by atoms with Crippen LogP contribution in [0.2, 0.25) is 0 Å². The maximum Gasteiger partial charge on any atom is 0.314 e. The van der Waals surface area contributed by atoms with Crippen molar-refractivity contribution < 1.29 is 47.4 Å². The number of hydrogen-bond donors (Lipinski definition) is 5. The summed E-state index contributed by atoms with van der Waals surface area (Å²) in [5, 5.41) is 10.5. The highest BCUT2D eigenvalue weighted by Gasteiger charge is 2.19. The van der Waals surface area contributed by atoms with Crippen molar-refractivity contribution in [2.24, 2.45) is 11.5 Å². The number of carbonyl (C=O) groups excluding carboxylic acids is 5. The largest absolute Gasteiger partial charge is 0.481 e. The van der Waals surface area contributed by atoms with E-state index in [9.17, 15) is 37.5 Å². The first-order valence-electron chi connectivity index (χ1n) is 10.0. The summed E-state index contributed by atoms with van der Waals surface area (Å²) in [7, 11) is 0. The number of halogens is 2. The molecule has 0 atom stereocenters. The summed E-state index contributed by atoms with van der Waals surface area (Å²) in [5.41, 5.74) is 14.5. The molecule has 1 aliphatic rings. The fourth-order valence-electron chi connectivity index (χ4n) is 2.46. The molecule has 36 heavy (non-hydrogen) atoms. The van der Waals surface area contributed by atoms with E-state index in [2.05, 4.69) is 10.1 Å². The number of benzene rings is 2. The Morgan fingerprint density at radius 2 is 1.36 bits per heavy atom. The Labute approximate surface area is 202 Å². The van der Waals surface area contributed by atoms with Gasteiger partial charge in [-0.15, -0.1) is 0 Å². The molecule has 0 unspecified atom stereocenters. The van der Waals surface area contributed by atoms with Gasteiger partial charge in [-0.3, -0.25) is 28.8 Å². The van der Waals surface area contributed by atoms with E-state index < -0.39 is 47.3 Å². The second-order valence-corrected chi connectivity index (χ2v) is 6.88. The highest BCUT2D eigenvalue weighted by molar-refractivity contribution is 6.03. The van der Waals surface area contributed by atoms with Crippen LogP contribution in [0.1, 0.15) is 46.4 Å². The number of ether oxygens (including phenoxy) is 1. The Morgan fingerprint density at radius 3 is 1.78 bits per heavy atom. The van der Waals surface area contributed by atoms with Crippen molar-refractivity contribution in [3.8, 4) is 0 Å². The smallest absolute Gasteiger partial charge is 0.314 e. The minimum absolute atomic E-state index is 0.0185. The maximum atomic E-state index is 13.4. The molecule has 3 rings (SSSR count). The summed E-state index contributed by atoms with van der Waals surface area (Å²) < 4.78 is 30.1. The third-order valence-corrected chi connectivity index (χ3v) is 4.19. The van der Waals surface area contributed by atoms with Gasteiger partial charge >= 0.3 is 17.9 Å². The van der Waals surface area contributed by atoms with Crippen LogP contribution in [0.3, 0.4) is 0 Å².